The zero-order valence-corrected chi connectivity index (χ0v) is 10.5. The van der Waals surface area contributed by atoms with Gasteiger partial charge in [-0.2, -0.15) is 0 Å². The molecule has 0 aromatic heterocycles. The van der Waals surface area contributed by atoms with Gasteiger partial charge < -0.3 is 9.84 Å². The second-order valence-electron chi connectivity index (χ2n) is 5.56. The lowest BCUT2D eigenvalue weighted by Gasteiger charge is -2.25. The first-order valence-corrected chi connectivity index (χ1v) is 5.49. The fourth-order valence-electron chi connectivity index (χ4n) is 2.04. The molecule has 0 amide bonds. The highest BCUT2D eigenvalue weighted by molar-refractivity contribution is 5.67. The molecule has 0 bridgehead atoms. The average Bonchev–Trinajstić information content (AvgIpc) is 1.98. The van der Waals surface area contributed by atoms with Crippen molar-refractivity contribution in [2.75, 3.05) is 7.11 Å². The van der Waals surface area contributed by atoms with Gasteiger partial charge in [0.15, 0.2) is 0 Å². The van der Waals surface area contributed by atoms with E-state index in [0.29, 0.717) is 11.3 Å². The van der Waals surface area contributed by atoms with E-state index in [2.05, 4.69) is 27.7 Å². The van der Waals surface area contributed by atoms with Crippen LogP contribution in [0.3, 0.4) is 0 Å². The van der Waals surface area contributed by atoms with E-state index in [1.54, 1.807) is 7.11 Å². The Morgan fingerprint density at radius 1 is 1.40 bits per heavy atom. The van der Waals surface area contributed by atoms with Gasteiger partial charge >= 0.3 is 5.97 Å². The summed E-state index contributed by atoms with van der Waals surface area (Å²) in [4.78, 5) is 10.6. The minimum atomic E-state index is -0.787. The SMILES string of the molecule is CO[C@@H](CC(=O)O)C[C@@H](C)CC(C)(C)C. The van der Waals surface area contributed by atoms with Crippen LogP contribution >= 0.6 is 0 Å². The molecule has 0 saturated heterocycles. The van der Waals surface area contributed by atoms with Crippen LogP contribution in [-0.2, 0) is 9.53 Å². The number of hydrogen-bond acceptors (Lipinski definition) is 2. The second kappa shape index (κ2) is 6.11. The van der Waals surface area contributed by atoms with Gasteiger partial charge in [0.2, 0.25) is 0 Å². The number of carboxylic acid groups (broad SMARTS) is 1. The third kappa shape index (κ3) is 8.43. The molecule has 0 unspecified atom stereocenters. The van der Waals surface area contributed by atoms with E-state index in [1.807, 2.05) is 0 Å². The summed E-state index contributed by atoms with van der Waals surface area (Å²) in [5.41, 5.74) is 0.293. The summed E-state index contributed by atoms with van der Waals surface area (Å²) in [6.07, 6.45) is 1.86. The van der Waals surface area contributed by atoms with Crippen LogP contribution in [0.5, 0.6) is 0 Å². The first-order valence-electron chi connectivity index (χ1n) is 5.49. The molecule has 0 aromatic carbocycles. The number of methoxy groups -OCH3 is 1. The molecule has 0 fully saturated rings. The maximum atomic E-state index is 10.6. The summed E-state index contributed by atoms with van der Waals surface area (Å²) in [6.45, 7) is 8.74. The molecule has 0 aliphatic rings. The Hall–Kier alpha value is -0.570. The Labute approximate surface area is 92.8 Å². The van der Waals surface area contributed by atoms with Crippen molar-refractivity contribution in [2.24, 2.45) is 11.3 Å². The predicted molar refractivity (Wildman–Crippen MR) is 60.9 cm³/mol. The van der Waals surface area contributed by atoms with Gasteiger partial charge in [-0.15, -0.1) is 0 Å². The van der Waals surface area contributed by atoms with E-state index in [0.717, 1.165) is 12.8 Å². The molecule has 1 N–H and O–H groups in total. The van der Waals surface area contributed by atoms with Crippen LogP contribution in [0.4, 0.5) is 0 Å². The number of carboxylic acids is 1. The zero-order chi connectivity index (χ0) is 12.1. The Balaban J connectivity index is 4.01. The first kappa shape index (κ1) is 14.4. The molecule has 0 heterocycles. The molecule has 0 rings (SSSR count). The summed E-state index contributed by atoms with van der Waals surface area (Å²) in [7, 11) is 1.58. The zero-order valence-electron chi connectivity index (χ0n) is 10.5. The highest BCUT2D eigenvalue weighted by atomic mass is 16.5. The Bertz CT molecular complexity index is 194. The molecule has 15 heavy (non-hydrogen) atoms. The minimum absolute atomic E-state index is 0.102. The van der Waals surface area contributed by atoms with E-state index in [4.69, 9.17) is 9.84 Å². The van der Waals surface area contributed by atoms with E-state index < -0.39 is 5.97 Å². The summed E-state index contributed by atoms with van der Waals surface area (Å²) in [5.74, 6) is -0.292. The molecular formula is C12H24O3. The van der Waals surface area contributed by atoms with Crippen LogP contribution < -0.4 is 0 Å². The molecule has 3 nitrogen and oxygen atoms in total. The maximum absolute atomic E-state index is 10.6. The lowest BCUT2D eigenvalue weighted by atomic mass is 9.83. The Kier molecular flexibility index (Phi) is 5.88. The van der Waals surface area contributed by atoms with E-state index in [1.165, 1.54) is 0 Å². The van der Waals surface area contributed by atoms with E-state index >= 15 is 0 Å². The lowest BCUT2D eigenvalue weighted by molar-refractivity contribution is -0.140. The van der Waals surface area contributed by atoms with Crippen LogP contribution in [-0.4, -0.2) is 24.3 Å². The highest BCUT2D eigenvalue weighted by Gasteiger charge is 2.20. The number of carbonyl (C=O) groups is 1. The van der Waals surface area contributed by atoms with Crippen LogP contribution in [0.1, 0.15) is 47.0 Å². The Morgan fingerprint density at radius 2 is 1.93 bits per heavy atom. The molecule has 0 saturated carbocycles. The summed E-state index contributed by atoms with van der Waals surface area (Å²) in [5, 5.41) is 8.68. The molecule has 0 aliphatic carbocycles. The van der Waals surface area contributed by atoms with Gasteiger partial charge in [-0.05, 0) is 24.2 Å². The molecule has 2 atom stereocenters. The predicted octanol–water partition coefficient (Wildman–Crippen LogP) is 2.94. The van der Waals surface area contributed by atoms with E-state index in [9.17, 15) is 4.79 Å². The minimum Gasteiger partial charge on any atom is -0.481 e. The van der Waals surface area contributed by atoms with Crippen molar-refractivity contribution >= 4 is 5.97 Å². The van der Waals surface area contributed by atoms with Gasteiger partial charge in [0.05, 0.1) is 12.5 Å². The van der Waals surface area contributed by atoms with Gasteiger partial charge in [0.1, 0.15) is 0 Å². The van der Waals surface area contributed by atoms with Gasteiger partial charge in [-0.3, -0.25) is 4.79 Å². The van der Waals surface area contributed by atoms with Crippen LogP contribution in [0.25, 0.3) is 0 Å². The van der Waals surface area contributed by atoms with Crippen molar-refractivity contribution in [1.82, 2.24) is 0 Å². The fraction of sp³-hybridized carbons (Fsp3) is 0.917. The lowest BCUT2D eigenvalue weighted by Crippen LogP contribution is -2.21. The van der Waals surface area contributed by atoms with Gasteiger partial charge in [0.25, 0.3) is 0 Å². The summed E-state index contributed by atoms with van der Waals surface area (Å²) >= 11 is 0. The molecule has 0 aromatic rings. The molecule has 0 spiro atoms. The number of aliphatic carboxylic acids is 1. The maximum Gasteiger partial charge on any atom is 0.305 e. The van der Waals surface area contributed by atoms with Gasteiger partial charge in [0, 0.05) is 7.11 Å². The summed E-state index contributed by atoms with van der Waals surface area (Å²) in [6, 6.07) is 0. The molecule has 0 aliphatic heterocycles. The quantitative estimate of drug-likeness (QED) is 0.742. The van der Waals surface area contributed by atoms with Gasteiger partial charge in [-0.25, -0.2) is 0 Å². The largest absolute Gasteiger partial charge is 0.481 e. The standard InChI is InChI=1S/C12H24O3/c1-9(8-12(2,3)4)6-10(15-5)7-11(13)14/h9-10H,6-8H2,1-5H3,(H,13,14)/t9-,10-/m1/s1. The van der Waals surface area contributed by atoms with Crippen molar-refractivity contribution in [3.8, 4) is 0 Å². The second-order valence-corrected chi connectivity index (χ2v) is 5.56. The van der Waals surface area contributed by atoms with Crippen LogP contribution in [0.15, 0.2) is 0 Å². The van der Waals surface area contributed by atoms with Crippen molar-refractivity contribution in [3.63, 3.8) is 0 Å². The highest BCUT2D eigenvalue weighted by Crippen LogP contribution is 2.27. The molecular weight excluding hydrogens is 192 g/mol. The molecule has 0 radical (unpaired) electrons. The Morgan fingerprint density at radius 3 is 2.27 bits per heavy atom. The third-order valence-electron chi connectivity index (χ3n) is 2.36. The summed E-state index contributed by atoms with van der Waals surface area (Å²) < 4.78 is 5.17. The van der Waals surface area contributed by atoms with Crippen molar-refractivity contribution in [3.05, 3.63) is 0 Å². The normalized spacial score (nSPS) is 16.1. The monoisotopic (exact) mass is 216 g/mol. The first-order chi connectivity index (χ1) is 6.74. The number of ether oxygens (including phenoxy) is 1. The van der Waals surface area contributed by atoms with Crippen LogP contribution in [0.2, 0.25) is 0 Å². The number of rotatable bonds is 6. The fourth-order valence-corrected chi connectivity index (χ4v) is 2.04. The molecule has 3 heteroatoms. The van der Waals surface area contributed by atoms with Crippen molar-refractivity contribution in [1.29, 1.82) is 0 Å². The topological polar surface area (TPSA) is 46.5 Å². The smallest absolute Gasteiger partial charge is 0.305 e. The number of hydrogen-bond donors (Lipinski definition) is 1. The third-order valence-corrected chi connectivity index (χ3v) is 2.36. The van der Waals surface area contributed by atoms with Crippen molar-refractivity contribution < 1.29 is 14.6 Å². The average molecular weight is 216 g/mol. The van der Waals surface area contributed by atoms with E-state index in [-0.39, 0.29) is 12.5 Å². The van der Waals surface area contributed by atoms with Gasteiger partial charge in [-0.1, -0.05) is 27.7 Å². The van der Waals surface area contributed by atoms with Crippen molar-refractivity contribution in [2.45, 2.75) is 53.1 Å². The molecule has 90 valence electrons. The van der Waals surface area contributed by atoms with Crippen LogP contribution in [0, 0.1) is 11.3 Å².